The highest BCUT2D eigenvalue weighted by atomic mass is 127. The molecule has 0 radical (unpaired) electrons. The SMILES string of the molecule is CC[C@@H](/C=C(/C)CO)[C@@H](OC)/C(C)=C/I. The minimum atomic E-state index is 0.119. The van der Waals surface area contributed by atoms with Crippen molar-refractivity contribution in [3.05, 3.63) is 21.3 Å². The van der Waals surface area contributed by atoms with E-state index >= 15 is 0 Å². The van der Waals surface area contributed by atoms with Gasteiger partial charge in [-0.1, -0.05) is 41.2 Å². The van der Waals surface area contributed by atoms with E-state index in [9.17, 15) is 0 Å². The molecule has 1 N–H and O–H groups in total. The number of aliphatic hydroxyl groups excluding tert-OH is 1. The molecule has 0 saturated heterocycles. The zero-order valence-corrected chi connectivity index (χ0v) is 12.1. The van der Waals surface area contributed by atoms with Gasteiger partial charge < -0.3 is 9.84 Å². The summed E-state index contributed by atoms with van der Waals surface area (Å²) in [6.07, 6.45) is 3.24. The van der Waals surface area contributed by atoms with Crippen LogP contribution in [0, 0.1) is 5.92 Å². The fourth-order valence-electron chi connectivity index (χ4n) is 1.60. The van der Waals surface area contributed by atoms with Gasteiger partial charge in [-0.15, -0.1) is 0 Å². The second-order valence-electron chi connectivity index (χ2n) is 3.75. The van der Waals surface area contributed by atoms with Gasteiger partial charge in [0.05, 0.1) is 12.7 Å². The Hall–Kier alpha value is 0.130. The summed E-state index contributed by atoms with van der Waals surface area (Å²) in [6.45, 7) is 6.28. The summed E-state index contributed by atoms with van der Waals surface area (Å²) in [5, 5.41) is 9.00. The Morgan fingerprint density at radius 2 is 2.07 bits per heavy atom. The molecule has 0 aliphatic carbocycles. The van der Waals surface area contributed by atoms with Gasteiger partial charge in [-0.25, -0.2) is 0 Å². The van der Waals surface area contributed by atoms with Crippen LogP contribution in [0.1, 0.15) is 27.2 Å². The summed E-state index contributed by atoms with van der Waals surface area (Å²) < 4.78 is 7.55. The molecule has 0 aromatic heterocycles. The average molecular weight is 324 g/mol. The summed E-state index contributed by atoms with van der Waals surface area (Å²) in [6, 6.07) is 0. The van der Waals surface area contributed by atoms with Crippen LogP contribution >= 0.6 is 22.6 Å². The van der Waals surface area contributed by atoms with Crippen LogP contribution in [0.4, 0.5) is 0 Å². The van der Waals surface area contributed by atoms with E-state index in [0.717, 1.165) is 12.0 Å². The summed E-state index contributed by atoms with van der Waals surface area (Å²) in [5.41, 5.74) is 2.23. The molecule has 2 nitrogen and oxygen atoms in total. The van der Waals surface area contributed by atoms with E-state index in [-0.39, 0.29) is 12.7 Å². The van der Waals surface area contributed by atoms with Crippen molar-refractivity contribution in [3.8, 4) is 0 Å². The maximum absolute atomic E-state index is 9.00. The molecule has 0 aromatic rings. The molecule has 0 aliphatic rings. The predicted molar refractivity (Wildman–Crippen MR) is 73.2 cm³/mol. The van der Waals surface area contributed by atoms with Crippen LogP contribution in [0.15, 0.2) is 21.3 Å². The highest BCUT2D eigenvalue weighted by molar-refractivity contribution is 14.1. The first kappa shape index (κ1) is 15.1. The Bertz CT molecular complexity index is 234. The Balaban J connectivity index is 4.76. The maximum atomic E-state index is 9.00. The lowest BCUT2D eigenvalue weighted by atomic mass is 9.93. The van der Waals surface area contributed by atoms with Crippen molar-refractivity contribution in [1.29, 1.82) is 0 Å². The van der Waals surface area contributed by atoms with Crippen LogP contribution in [0.3, 0.4) is 0 Å². The molecule has 0 bridgehead atoms. The molecule has 0 spiro atoms. The Labute approximate surface area is 107 Å². The lowest BCUT2D eigenvalue weighted by Gasteiger charge is -2.23. The third-order valence-electron chi connectivity index (χ3n) is 2.48. The van der Waals surface area contributed by atoms with Crippen molar-refractivity contribution in [2.45, 2.75) is 33.3 Å². The lowest BCUT2D eigenvalue weighted by molar-refractivity contribution is 0.0957. The lowest BCUT2D eigenvalue weighted by Crippen LogP contribution is -2.22. The van der Waals surface area contributed by atoms with Gasteiger partial charge in [0, 0.05) is 13.0 Å². The van der Waals surface area contributed by atoms with E-state index in [2.05, 4.69) is 46.6 Å². The summed E-state index contributed by atoms with van der Waals surface area (Å²) in [5.74, 6) is 0.341. The molecule has 0 fully saturated rings. The Morgan fingerprint density at radius 1 is 1.47 bits per heavy atom. The van der Waals surface area contributed by atoms with E-state index in [1.165, 1.54) is 5.57 Å². The number of ether oxygens (including phenoxy) is 1. The van der Waals surface area contributed by atoms with E-state index in [1.54, 1.807) is 7.11 Å². The number of rotatable bonds is 6. The molecular formula is C12H21IO2. The first-order chi connectivity index (χ1) is 7.10. The predicted octanol–water partition coefficient (Wildman–Crippen LogP) is 3.31. The van der Waals surface area contributed by atoms with Crippen molar-refractivity contribution in [1.82, 2.24) is 0 Å². The molecule has 3 heteroatoms. The fourth-order valence-corrected chi connectivity index (χ4v) is 1.95. The minimum absolute atomic E-state index is 0.119. The molecule has 0 heterocycles. The molecule has 0 aliphatic heterocycles. The fraction of sp³-hybridized carbons (Fsp3) is 0.667. The molecule has 2 atom stereocenters. The molecule has 0 aromatic carbocycles. The third kappa shape index (κ3) is 5.13. The smallest absolute Gasteiger partial charge is 0.0848 e. The maximum Gasteiger partial charge on any atom is 0.0848 e. The summed E-state index contributed by atoms with van der Waals surface area (Å²) in [4.78, 5) is 0. The third-order valence-corrected chi connectivity index (χ3v) is 3.47. The van der Waals surface area contributed by atoms with E-state index in [4.69, 9.17) is 9.84 Å². The summed E-state index contributed by atoms with van der Waals surface area (Å²) >= 11 is 2.23. The monoisotopic (exact) mass is 324 g/mol. The van der Waals surface area contributed by atoms with E-state index < -0.39 is 0 Å². The van der Waals surface area contributed by atoms with Gasteiger partial charge >= 0.3 is 0 Å². The van der Waals surface area contributed by atoms with Crippen molar-refractivity contribution >= 4 is 22.6 Å². The molecule has 88 valence electrons. The zero-order chi connectivity index (χ0) is 11.8. The van der Waals surface area contributed by atoms with Crippen LogP contribution in [0.2, 0.25) is 0 Å². The number of hydrogen-bond donors (Lipinski definition) is 1. The number of halogens is 1. The van der Waals surface area contributed by atoms with Gasteiger partial charge in [-0.3, -0.25) is 0 Å². The van der Waals surface area contributed by atoms with Gasteiger partial charge in [0.2, 0.25) is 0 Å². The molecule has 0 saturated carbocycles. The van der Waals surface area contributed by atoms with Crippen LogP contribution in [-0.4, -0.2) is 24.9 Å². The molecule has 15 heavy (non-hydrogen) atoms. The zero-order valence-electron chi connectivity index (χ0n) is 9.96. The van der Waals surface area contributed by atoms with Gasteiger partial charge in [0.15, 0.2) is 0 Å². The minimum Gasteiger partial charge on any atom is -0.392 e. The Morgan fingerprint density at radius 3 is 2.40 bits per heavy atom. The van der Waals surface area contributed by atoms with E-state index in [1.807, 2.05) is 6.92 Å². The highest BCUT2D eigenvalue weighted by Crippen LogP contribution is 2.22. The number of aliphatic hydroxyl groups is 1. The quantitative estimate of drug-likeness (QED) is 0.600. The topological polar surface area (TPSA) is 29.5 Å². The van der Waals surface area contributed by atoms with Crippen LogP contribution in [0.25, 0.3) is 0 Å². The van der Waals surface area contributed by atoms with Crippen molar-refractivity contribution in [3.63, 3.8) is 0 Å². The standard InChI is InChI=1S/C12H21IO2/c1-5-11(6-9(2)8-14)12(15-4)10(3)7-13/h6-7,11-12,14H,5,8H2,1-4H3/b9-6-,10-7+/t11-,12-/m0/s1. The molecule has 0 unspecified atom stereocenters. The highest BCUT2D eigenvalue weighted by Gasteiger charge is 2.19. The van der Waals surface area contributed by atoms with Crippen molar-refractivity contribution in [2.75, 3.05) is 13.7 Å². The molecular weight excluding hydrogens is 303 g/mol. The van der Waals surface area contributed by atoms with Crippen molar-refractivity contribution < 1.29 is 9.84 Å². The second-order valence-corrected chi connectivity index (χ2v) is 4.38. The first-order valence-corrected chi connectivity index (χ1v) is 6.43. The Kier molecular flexibility index (Phi) is 8.37. The van der Waals surface area contributed by atoms with Crippen molar-refractivity contribution in [2.24, 2.45) is 5.92 Å². The van der Waals surface area contributed by atoms with Gasteiger partial charge in [-0.05, 0) is 29.9 Å². The van der Waals surface area contributed by atoms with Crippen LogP contribution in [0.5, 0.6) is 0 Å². The van der Waals surface area contributed by atoms with Gasteiger partial charge in [-0.2, -0.15) is 0 Å². The molecule has 0 amide bonds. The van der Waals surface area contributed by atoms with Crippen LogP contribution in [-0.2, 0) is 4.74 Å². The molecule has 0 rings (SSSR count). The number of hydrogen-bond acceptors (Lipinski definition) is 2. The van der Waals surface area contributed by atoms with Gasteiger partial charge in [0.25, 0.3) is 0 Å². The first-order valence-electron chi connectivity index (χ1n) is 5.18. The largest absolute Gasteiger partial charge is 0.392 e. The average Bonchev–Trinajstić information content (AvgIpc) is 2.27. The second kappa shape index (κ2) is 8.30. The van der Waals surface area contributed by atoms with Gasteiger partial charge in [0.1, 0.15) is 0 Å². The summed E-state index contributed by atoms with van der Waals surface area (Å²) in [7, 11) is 1.74. The number of methoxy groups -OCH3 is 1. The van der Waals surface area contributed by atoms with E-state index in [0.29, 0.717) is 5.92 Å². The normalized spacial score (nSPS) is 17.7. The van der Waals surface area contributed by atoms with Crippen LogP contribution < -0.4 is 0 Å².